The van der Waals surface area contributed by atoms with Crippen LogP contribution in [0.25, 0.3) is 0 Å². The average molecular weight is 295 g/mol. The van der Waals surface area contributed by atoms with E-state index in [1.54, 1.807) is 12.1 Å². The number of nitrogens with zero attached hydrogens (tertiary/aromatic N) is 2. The summed E-state index contributed by atoms with van der Waals surface area (Å²) >= 11 is 5.96. The second-order valence-corrected chi connectivity index (χ2v) is 4.38. The third-order valence-electron chi connectivity index (χ3n) is 2.64. The summed E-state index contributed by atoms with van der Waals surface area (Å²) in [6.07, 6.45) is 1.53. The third kappa shape index (κ3) is 3.16. The number of amidine groups is 1. The summed E-state index contributed by atoms with van der Waals surface area (Å²) in [5.74, 6) is -0.479. The zero-order valence-corrected chi connectivity index (χ0v) is 11.1. The van der Waals surface area contributed by atoms with Gasteiger partial charge in [-0.2, -0.15) is 0 Å². The van der Waals surface area contributed by atoms with Crippen LogP contribution in [0.1, 0.15) is 11.3 Å². The molecule has 2 aromatic rings. The van der Waals surface area contributed by atoms with E-state index < -0.39 is 0 Å². The van der Waals surface area contributed by atoms with Gasteiger partial charge in [0.15, 0.2) is 5.84 Å². The molecule has 0 aliphatic rings. The number of nitrogens with one attached hydrogen (secondary N) is 1. The maximum absolute atomic E-state index is 13.2. The van der Waals surface area contributed by atoms with Gasteiger partial charge < -0.3 is 16.3 Å². The van der Waals surface area contributed by atoms with Gasteiger partial charge in [-0.15, -0.1) is 0 Å². The predicted molar refractivity (Wildman–Crippen MR) is 75.5 cm³/mol. The van der Waals surface area contributed by atoms with Crippen molar-refractivity contribution in [3.05, 3.63) is 58.6 Å². The molecule has 0 atom stereocenters. The van der Waals surface area contributed by atoms with Crippen LogP contribution < -0.4 is 11.1 Å². The molecule has 0 aliphatic heterocycles. The quantitative estimate of drug-likeness (QED) is 0.350. The van der Waals surface area contributed by atoms with Crippen LogP contribution >= 0.6 is 11.6 Å². The van der Waals surface area contributed by atoms with E-state index in [2.05, 4.69) is 15.5 Å². The molecule has 0 unspecified atom stereocenters. The van der Waals surface area contributed by atoms with E-state index in [1.165, 1.54) is 24.4 Å². The summed E-state index contributed by atoms with van der Waals surface area (Å²) < 4.78 is 13.2. The van der Waals surface area contributed by atoms with Gasteiger partial charge in [-0.1, -0.05) is 22.8 Å². The van der Waals surface area contributed by atoms with E-state index in [0.717, 1.165) is 0 Å². The fourth-order valence-corrected chi connectivity index (χ4v) is 1.87. The number of oxime groups is 1. The third-order valence-corrected chi connectivity index (χ3v) is 2.97. The van der Waals surface area contributed by atoms with E-state index in [4.69, 9.17) is 22.5 Å². The summed E-state index contributed by atoms with van der Waals surface area (Å²) in [5, 5.41) is 15.0. The maximum atomic E-state index is 13.2. The summed E-state index contributed by atoms with van der Waals surface area (Å²) in [7, 11) is 0. The van der Waals surface area contributed by atoms with Crippen molar-refractivity contribution in [3.8, 4) is 0 Å². The lowest BCUT2D eigenvalue weighted by Gasteiger charge is -2.11. The highest BCUT2D eigenvalue weighted by Gasteiger charge is 2.09. The standard InChI is InChI=1S/C13H12ClFN4O/c14-10-4-3-9(15)6-11(10)18-7-8-2-1-5-17-12(8)13(16)19-20/h1-6,18,20H,7H2,(H2,16,19). The highest BCUT2D eigenvalue weighted by Crippen LogP contribution is 2.23. The molecular weight excluding hydrogens is 283 g/mol. The van der Waals surface area contributed by atoms with Crippen LogP contribution in [0.3, 0.4) is 0 Å². The SMILES string of the molecule is N/C(=N/O)c1ncccc1CNc1cc(F)ccc1Cl. The first kappa shape index (κ1) is 14.1. The van der Waals surface area contributed by atoms with Crippen LogP contribution in [0.15, 0.2) is 41.7 Å². The number of anilines is 1. The Kier molecular flexibility index (Phi) is 4.37. The Hall–Kier alpha value is -2.34. The highest BCUT2D eigenvalue weighted by atomic mass is 35.5. The summed E-state index contributed by atoms with van der Waals surface area (Å²) in [6.45, 7) is 0.308. The second-order valence-electron chi connectivity index (χ2n) is 3.97. The molecule has 5 nitrogen and oxygen atoms in total. The van der Waals surface area contributed by atoms with Crippen molar-refractivity contribution in [2.24, 2.45) is 10.9 Å². The van der Waals surface area contributed by atoms with E-state index in [1.807, 2.05) is 0 Å². The van der Waals surface area contributed by atoms with Crippen LogP contribution in [0.4, 0.5) is 10.1 Å². The molecule has 104 valence electrons. The second kappa shape index (κ2) is 6.21. The normalized spacial score (nSPS) is 11.4. The number of nitrogens with two attached hydrogens (primary N) is 1. The van der Waals surface area contributed by atoms with Gasteiger partial charge in [0, 0.05) is 18.3 Å². The number of rotatable bonds is 4. The Morgan fingerprint density at radius 1 is 1.45 bits per heavy atom. The monoisotopic (exact) mass is 294 g/mol. The molecule has 1 aromatic heterocycles. The lowest BCUT2D eigenvalue weighted by Crippen LogP contribution is -2.18. The van der Waals surface area contributed by atoms with Gasteiger partial charge >= 0.3 is 0 Å². The van der Waals surface area contributed by atoms with E-state index in [0.29, 0.717) is 28.5 Å². The average Bonchev–Trinajstić information content (AvgIpc) is 2.47. The molecule has 7 heteroatoms. The molecule has 0 saturated carbocycles. The number of benzene rings is 1. The largest absolute Gasteiger partial charge is 0.409 e. The Bertz CT molecular complexity index is 648. The van der Waals surface area contributed by atoms with Crippen molar-refractivity contribution in [1.82, 2.24) is 4.98 Å². The number of hydrogen-bond donors (Lipinski definition) is 3. The maximum Gasteiger partial charge on any atom is 0.189 e. The molecule has 0 aliphatic carbocycles. The minimum atomic E-state index is -0.389. The summed E-state index contributed by atoms with van der Waals surface area (Å²) in [5.41, 5.74) is 7.05. The van der Waals surface area contributed by atoms with Crippen LogP contribution in [-0.2, 0) is 6.54 Å². The van der Waals surface area contributed by atoms with Crippen LogP contribution in [0.5, 0.6) is 0 Å². The first-order chi connectivity index (χ1) is 9.61. The fourth-order valence-electron chi connectivity index (χ4n) is 1.68. The molecule has 0 fully saturated rings. The summed E-state index contributed by atoms with van der Waals surface area (Å²) in [4.78, 5) is 4.04. The number of halogens is 2. The first-order valence-corrected chi connectivity index (χ1v) is 6.10. The van der Waals surface area contributed by atoms with Crippen molar-refractivity contribution in [3.63, 3.8) is 0 Å². The minimum Gasteiger partial charge on any atom is -0.409 e. The van der Waals surface area contributed by atoms with Gasteiger partial charge in [-0.25, -0.2) is 4.39 Å². The van der Waals surface area contributed by atoms with E-state index in [-0.39, 0.29) is 11.7 Å². The molecule has 0 saturated heterocycles. The van der Waals surface area contributed by atoms with Crippen molar-refractivity contribution in [2.75, 3.05) is 5.32 Å². The fraction of sp³-hybridized carbons (Fsp3) is 0.0769. The van der Waals surface area contributed by atoms with E-state index >= 15 is 0 Å². The molecule has 2 rings (SSSR count). The van der Waals surface area contributed by atoms with Crippen molar-refractivity contribution in [2.45, 2.75) is 6.54 Å². The Morgan fingerprint density at radius 3 is 3.00 bits per heavy atom. The Labute approximate surface area is 119 Å². The number of aromatic nitrogens is 1. The molecular formula is C13H12ClFN4O. The molecule has 0 spiro atoms. The number of pyridine rings is 1. The van der Waals surface area contributed by atoms with Gasteiger partial charge in [0.05, 0.1) is 10.7 Å². The molecule has 4 N–H and O–H groups in total. The predicted octanol–water partition coefficient (Wildman–Crippen LogP) is 2.58. The van der Waals surface area contributed by atoms with Crippen molar-refractivity contribution < 1.29 is 9.60 Å². The van der Waals surface area contributed by atoms with E-state index in [9.17, 15) is 4.39 Å². The minimum absolute atomic E-state index is 0.0901. The summed E-state index contributed by atoms with van der Waals surface area (Å²) in [6, 6.07) is 7.52. The Balaban J connectivity index is 2.21. The Morgan fingerprint density at radius 2 is 2.25 bits per heavy atom. The van der Waals surface area contributed by atoms with Gasteiger partial charge in [0.2, 0.25) is 0 Å². The first-order valence-electron chi connectivity index (χ1n) is 5.72. The zero-order valence-electron chi connectivity index (χ0n) is 10.3. The smallest absolute Gasteiger partial charge is 0.189 e. The van der Waals surface area contributed by atoms with Gasteiger partial charge in [-0.3, -0.25) is 4.98 Å². The molecule has 0 bridgehead atoms. The van der Waals surface area contributed by atoms with Crippen LogP contribution in [-0.4, -0.2) is 16.0 Å². The molecule has 1 heterocycles. The molecule has 0 amide bonds. The lowest BCUT2D eigenvalue weighted by molar-refractivity contribution is 0.318. The van der Waals surface area contributed by atoms with Crippen LogP contribution in [0, 0.1) is 5.82 Å². The molecule has 1 aromatic carbocycles. The zero-order chi connectivity index (χ0) is 14.5. The van der Waals surface area contributed by atoms with Gasteiger partial charge in [-0.05, 0) is 24.3 Å². The highest BCUT2D eigenvalue weighted by molar-refractivity contribution is 6.33. The molecule has 20 heavy (non-hydrogen) atoms. The van der Waals surface area contributed by atoms with Gasteiger partial charge in [0.1, 0.15) is 11.5 Å². The van der Waals surface area contributed by atoms with Gasteiger partial charge in [0.25, 0.3) is 0 Å². The van der Waals surface area contributed by atoms with Crippen molar-refractivity contribution in [1.29, 1.82) is 0 Å². The van der Waals surface area contributed by atoms with Crippen molar-refractivity contribution >= 4 is 23.1 Å². The number of hydrogen-bond acceptors (Lipinski definition) is 4. The topological polar surface area (TPSA) is 83.5 Å². The molecule has 0 radical (unpaired) electrons. The van der Waals surface area contributed by atoms with Crippen LogP contribution in [0.2, 0.25) is 5.02 Å². The lowest BCUT2D eigenvalue weighted by atomic mass is 10.1.